The molecule has 0 aliphatic heterocycles. The van der Waals surface area contributed by atoms with Crippen LogP contribution < -0.4 is 0 Å². The van der Waals surface area contributed by atoms with Gasteiger partial charge in [-0.25, -0.2) is 0 Å². The van der Waals surface area contributed by atoms with Crippen LogP contribution >= 0.6 is 0 Å². The fraction of sp³-hybridized carbons (Fsp3) is 0.471. The third-order valence-electron chi connectivity index (χ3n) is 7.53. The van der Waals surface area contributed by atoms with E-state index in [1.165, 1.54) is 80.9 Å². The van der Waals surface area contributed by atoms with Gasteiger partial charge in [-0.05, 0) is 72.6 Å². The van der Waals surface area contributed by atoms with Crippen molar-refractivity contribution in [1.29, 1.82) is 0 Å². The predicted octanol–water partition coefficient (Wildman–Crippen LogP) is 10.2. The van der Waals surface area contributed by atoms with Gasteiger partial charge in [0.15, 0.2) is 0 Å². The number of hydrogen-bond acceptors (Lipinski definition) is 0. The van der Waals surface area contributed by atoms with Crippen LogP contribution in [0.25, 0.3) is 0 Å². The molecule has 0 amide bonds. The molecule has 2 unspecified atom stereocenters. The van der Waals surface area contributed by atoms with E-state index in [0.29, 0.717) is 11.8 Å². The smallest absolute Gasteiger partial charge is 0.0153 e. The van der Waals surface area contributed by atoms with Gasteiger partial charge in [0.05, 0.1) is 0 Å². The lowest BCUT2D eigenvalue weighted by Crippen LogP contribution is -2.11. The van der Waals surface area contributed by atoms with E-state index in [2.05, 4.69) is 92.7 Å². The van der Waals surface area contributed by atoms with Crippen LogP contribution in [0.4, 0.5) is 0 Å². The molecule has 0 N–H and O–H groups in total. The number of hydrogen-bond donors (Lipinski definition) is 0. The molecule has 0 heterocycles. The summed E-state index contributed by atoms with van der Waals surface area (Å²) in [6.45, 7) is 4.66. The Morgan fingerprint density at radius 3 is 1.65 bits per heavy atom. The molecule has 0 saturated carbocycles. The minimum atomic E-state index is 0.584. The van der Waals surface area contributed by atoms with Gasteiger partial charge >= 0.3 is 0 Å². The zero-order valence-corrected chi connectivity index (χ0v) is 21.6. The summed E-state index contributed by atoms with van der Waals surface area (Å²) in [5.41, 5.74) is 4.46. The largest absolute Gasteiger partial charge is 0.0654 e. The molecule has 3 aromatic rings. The predicted molar refractivity (Wildman–Crippen MR) is 148 cm³/mol. The van der Waals surface area contributed by atoms with Gasteiger partial charge in [0, 0.05) is 0 Å². The lowest BCUT2D eigenvalue weighted by molar-refractivity contribution is 0.357. The van der Waals surface area contributed by atoms with E-state index in [1.807, 2.05) is 12.1 Å². The van der Waals surface area contributed by atoms with Gasteiger partial charge in [-0.15, -0.1) is 0 Å². The minimum absolute atomic E-state index is 0.584. The summed E-state index contributed by atoms with van der Waals surface area (Å²) in [7, 11) is 0. The Bertz CT molecular complexity index is 860. The highest BCUT2D eigenvalue weighted by Gasteiger charge is 2.21. The first-order valence-electron chi connectivity index (χ1n) is 13.8. The van der Waals surface area contributed by atoms with Crippen molar-refractivity contribution < 1.29 is 0 Å². The molecular weight excluding hydrogens is 408 g/mol. The van der Waals surface area contributed by atoms with Crippen molar-refractivity contribution >= 4 is 0 Å². The quantitative estimate of drug-likeness (QED) is 0.202. The van der Waals surface area contributed by atoms with E-state index < -0.39 is 0 Å². The Morgan fingerprint density at radius 2 is 1.12 bits per heavy atom. The average molecular weight is 454 g/mol. The molecule has 1 radical (unpaired) electrons. The van der Waals surface area contributed by atoms with Gasteiger partial charge in [-0.1, -0.05) is 137 Å². The van der Waals surface area contributed by atoms with E-state index in [-0.39, 0.29) is 0 Å². The van der Waals surface area contributed by atoms with Gasteiger partial charge < -0.3 is 0 Å². The van der Waals surface area contributed by atoms with Gasteiger partial charge in [-0.2, -0.15) is 0 Å². The Labute approximate surface area is 209 Å². The zero-order chi connectivity index (χ0) is 23.8. The summed E-state index contributed by atoms with van der Waals surface area (Å²) >= 11 is 0. The maximum absolute atomic E-state index is 3.16. The second kappa shape index (κ2) is 15.5. The molecule has 3 rings (SSSR count). The molecule has 0 saturated heterocycles. The molecule has 0 fully saturated rings. The molecule has 34 heavy (non-hydrogen) atoms. The van der Waals surface area contributed by atoms with Crippen LogP contribution in [0.2, 0.25) is 0 Å². The molecule has 181 valence electrons. The molecule has 0 heteroatoms. The Kier molecular flexibility index (Phi) is 12.0. The fourth-order valence-electron chi connectivity index (χ4n) is 5.42. The number of aryl methyl sites for hydroxylation is 1. The van der Waals surface area contributed by atoms with E-state index in [0.717, 1.165) is 12.3 Å². The lowest BCUT2D eigenvalue weighted by Gasteiger charge is -2.27. The monoisotopic (exact) mass is 453 g/mol. The molecule has 3 aromatic carbocycles. The topological polar surface area (TPSA) is 0 Å². The fourth-order valence-corrected chi connectivity index (χ4v) is 5.42. The zero-order valence-electron chi connectivity index (χ0n) is 21.6. The van der Waals surface area contributed by atoms with Crippen LogP contribution in [0.15, 0.2) is 84.9 Å². The highest BCUT2D eigenvalue weighted by molar-refractivity contribution is 5.24. The maximum atomic E-state index is 3.16. The molecule has 0 aliphatic rings. The average Bonchev–Trinajstić information content (AvgIpc) is 2.91. The second-order valence-corrected chi connectivity index (χ2v) is 10.1. The van der Waals surface area contributed by atoms with Crippen molar-refractivity contribution in [3.05, 3.63) is 108 Å². The summed E-state index contributed by atoms with van der Waals surface area (Å²) in [5, 5.41) is 0. The van der Waals surface area contributed by atoms with E-state index in [9.17, 15) is 0 Å². The Hall–Kier alpha value is -2.34. The van der Waals surface area contributed by atoms with Crippen LogP contribution in [0.1, 0.15) is 107 Å². The molecular formula is C34H45. The van der Waals surface area contributed by atoms with Crippen LogP contribution in [0, 0.1) is 12.0 Å². The molecule has 0 bridgehead atoms. The molecule has 0 aliphatic carbocycles. The van der Waals surface area contributed by atoms with Gasteiger partial charge in [-0.3, -0.25) is 0 Å². The first kappa shape index (κ1) is 26.3. The minimum Gasteiger partial charge on any atom is -0.0654 e. The Morgan fingerprint density at radius 1 is 0.588 bits per heavy atom. The van der Waals surface area contributed by atoms with E-state index >= 15 is 0 Å². The first-order chi connectivity index (χ1) is 16.8. The third kappa shape index (κ3) is 9.13. The number of benzene rings is 3. The van der Waals surface area contributed by atoms with Crippen LogP contribution in [0.3, 0.4) is 0 Å². The van der Waals surface area contributed by atoms with E-state index in [1.54, 1.807) is 0 Å². The number of unbranched alkanes of at least 4 members (excludes halogenated alkanes) is 2. The van der Waals surface area contributed by atoms with Crippen LogP contribution in [0.5, 0.6) is 0 Å². The summed E-state index contributed by atoms with van der Waals surface area (Å²) in [6, 6.07) is 34.3. The molecule has 2 atom stereocenters. The van der Waals surface area contributed by atoms with Crippen molar-refractivity contribution in [3.63, 3.8) is 0 Å². The standard InChI is InChI=1S/C34H45/c1-3-5-16-29(17-6-4-2)24-26-33(31-20-12-8-13-21-31)28-34(32-22-14-9-15-23-32)27-25-30-18-10-7-11-19-30/h8-15,18-23,29,33-34H,3-6,16-17,24-28H2,1-2H3. The lowest BCUT2D eigenvalue weighted by atomic mass is 9.78. The van der Waals surface area contributed by atoms with Gasteiger partial charge in [0.25, 0.3) is 0 Å². The summed E-state index contributed by atoms with van der Waals surface area (Å²) < 4.78 is 0. The van der Waals surface area contributed by atoms with Crippen molar-refractivity contribution in [2.24, 2.45) is 5.92 Å². The van der Waals surface area contributed by atoms with Crippen molar-refractivity contribution in [2.45, 2.75) is 96.3 Å². The van der Waals surface area contributed by atoms with Crippen LogP contribution in [-0.2, 0) is 6.42 Å². The van der Waals surface area contributed by atoms with Crippen molar-refractivity contribution in [1.82, 2.24) is 0 Å². The Balaban J connectivity index is 1.75. The molecule has 0 aromatic heterocycles. The highest BCUT2D eigenvalue weighted by Crippen LogP contribution is 2.37. The van der Waals surface area contributed by atoms with Crippen molar-refractivity contribution in [2.75, 3.05) is 0 Å². The summed E-state index contributed by atoms with van der Waals surface area (Å²) in [5.74, 6) is 2.10. The summed E-state index contributed by atoms with van der Waals surface area (Å²) in [4.78, 5) is 0. The first-order valence-corrected chi connectivity index (χ1v) is 13.8. The molecule has 0 nitrogen and oxygen atoms in total. The molecule has 0 spiro atoms. The van der Waals surface area contributed by atoms with Crippen molar-refractivity contribution in [3.8, 4) is 0 Å². The van der Waals surface area contributed by atoms with E-state index in [4.69, 9.17) is 0 Å². The van der Waals surface area contributed by atoms with Crippen LogP contribution in [-0.4, -0.2) is 0 Å². The normalized spacial score (nSPS) is 13.1. The van der Waals surface area contributed by atoms with Gasteiger partial charge in [0.1, 0.15) is 0 Å². The van der Waals surface area contributed by atoms with Gasteiger partial charge in [0.2, 0.25) is 0 Å². The number of rotatable bonds is 16. The second-order valence-electron chi connectivity index (χ2n) is 10.1. The maximum Gasteiger partial charge on any atom is -0.0153 e. The summed E-state index contributed by atoms with van der Waals surface area (Å²) in [6.07, 6.45) is 14.5. The highest BCUT2D eigenvalue weighted by atomic mass is 14.3. The third-order valence-corrected chi connectivity index (χ3v) is 7.53. The SMILES string of the molecule is CCCCC(CCCC)CCC(CC(CCc1cc[c]cc1)c1ccccc1)c1ccccc1.